The number of esters is 1. The fraction of sp³-hybridized carbons (Fsp3) is 0.226. The molecule has 9 heteroatoms. The molecule has 3 aromatic heterocycles. The zero-order valence-electron chi connectivity index (χ0n) is 22.3. The monoisotopic (exact) mass is 536 g/mol. The van der Waals surface area contributed by atoms with E-state index >= 15 is 0 Å². The van der Waals surface area contributed by atoms with Crippen molar-refractivity contribution < 1.29 is 13.9 Å². The van der Waals surface area contributed by atoms with Gasteiger partial charge in [-0.25, -0.2) is 14.8 Å². The van der Waals surface area contributed by atoms with E-state index < -0.39 is 11.9 Å². The second kappa shape index (κ2) is 10.9. The number of hydrogen-bond acceptors (Lipinski definition) is 7. The van der Waals surface area contributed by atoms with E-state index in [1.165, 1.54) is 11.9 Å². The van der Waals surface area contributed by atoms with Crippen LogP contribution in [0.4, 0.5) is 10.1 Å². The van der Waals surface area contributed by atoms with Crippen LogP contribution >= 0.6 is 0 Å². The van der Waals surface area contributed by atoms with Crippen molar-refractivity contribution in [3.63, 3.8) is 0 Å². The highest BCUT2D eigenvalue weighted by molar-refractivity contribution is 5.99. The standard InChI is InChI=1S/C31H29FN6O2/c1-20(2)37-16-18-38(19-17-37)22-10-8-21(9-11-22)28-25-12-13-26(34-30(25)36-35-28)24-14-15-33-29(32)27(24)31(39)40-23-6-4-3-5-7-23/h3-15,20H,16-19H2,1-2H3,(H,34,35,36). The van der Waals surface area contributed by atoms with Crippen molar-refractivity contribution in [2.75, 3.05) is 31.1 Å². The van der Waals surface area contributed by atoms with E-state index in [9.17, 15) is 9.18 Å². The highest BCUT2D eigenvalue weighted by Crippen LogP contribution is 2.31. The SMILES string of the molecule is CC(C)N1CCN(c2ccc(-c3[nH]nc4nc(-c5ccnc(F)c5C(=O)Oc5ccccc5)ccc34)cc2)CC1. The fourth-order valence-corrected chi connectivity index (χ4v) is 5.09. The minimum absolute atomic E-state index is 0.279. The van der Waals surface area contributed by atoms with Crippen LogP contribution in [0.2, 0.25) is 0 Å². The van der Waals surface area contributed by atoms with Gasteiger partial charge in [0, 0.05) is 60.6 Å². The molecule has 4 heterocycles. The van der Waals surface area contributed by atoms with Crippen molar-refractivity contribution >= 4 is 22.7 Å². The first-order valence-electron chi connectivity index (χ1n) is 13.3. The number of piperazine rings is 1. The number of aromatic amines is 1. The molecule has 2 aromatic carbocycles. The Labute approximate surface area is 231 Å². The largest absolute Gasteiger partial charge is 0.423 e. The molecule has 202 valence electrons. The van der Waals surface area contributed by atoms with Crippen molar-refractivity contribution in [1.29, 1.82) is 0 Å². The molecule has 0 bridgehead atoms. The molecule has 0 saturated carbocycles. The molecule has 0 aliphatic carbocycles. The Morgan fingerprint density at radius 2 is 1.70 bits per heavy atom. The van der Waals surface area contributed by atoms with Crippen molar-refractivity contribution in [1.82, 2.24) is 25.1 Å². The molecule has 1 aliphatic rings. The molecule has 0 unspecified atom stereocenters. The van der Waals surface area contributed by atoms with E-state index in [-0.39, 0.29) is 11.1 Å². The Morgan fingerprint density at radius 3 is 2.42 bits per heavy atom. The lowest BCUT2D eigenvalue weighted by Gasteiger charge is -2.38. The van der Waals surface area contributed by atoms with Gasteiger partial charge in [0.05, 0.1) is 11.4 Å². The van der Waals surface area contributed by atoms with Crippen molar-refractivity contribution in [2.24, 2.45) is 0 Å². The number of H-pyrrole nitrogens is 1. The van der Waals surface area contributed by atoms with Gasteiger partial charge < -0.3 is 9.64 Å². The summed E-state index contributed by atoms with van der Waals surface area (Å²) >= 11 is 0. The summed E-state index contributed by atoms with van der Waals surface area (Å²) in [6, 6.07) is 22.7. The van der Waals surface area contributed by atoms with E-state index in [4.69, 9.17) is 4.74 Å². The van der Waals surface area contributed by atoms with Crippen LogP contribution in [0.15, 0.2) is 79.0 Å². The van der Waals surface area contributed by atoms with E-state index in [2.05, 4.69) is 68.1 Å². The number of anilines is 1. The molecular formula is C31H29FN6O2. The molecule has 0 radical (unpaired) electrons. The maximum atomic E-state index is 14.8. The number of para-hydroxylation sites is 1. The summed E-state index contributed by atoms with van der Waals surface area (Å²) in [6.45, 7) is 8.62. The second-order valence-corrected chi connectivity index (χ2v) is 10.1. The Bertz CT molecular complexity index is 1640. The smallest absolute Gasteiger partial charge is 0.348 e. The minimum Gasteiger partial charge on any atom is -0.423 e. The summed E-state index contributed by atoms with van der Waals surface area (Å²) in [6.07, 6.45) is 1.30. The molecule has 6 rings (SSSR count). The first-order chi connectivity index (χ1) is 19.5. The molecule has 0 amide bonds. The van der Waals surface area contributed by atoms with E-state index in [0.29, 0.717) is 23.1 Å². The summed E-state index contributed by atoms with van der Waals surface area (Å²) in [5, 5.41) is 8.33. The fourth-order valence-electron chi connectivity index (χ4n) is 5.09. The van der Waals surface area contributed by atoms with Gasteiger partial charge in [0.2, 0.25) is 5.95 Å². The van der Waals surface area contributed by atoms with Crippen LogP contribution in [-0.4, -0.2) is 63.3 Å². The number of carbonyl (C=O) groups excluding carboxylic acids is 1. The van der Waals surface area contributed by atoms with E-state index in [1.807, 2.05) is 6.07 Å². The van der Waals surface area contributed by atoms with Gasteiger partial charge in [0.25, 0.3) is 0 Å². The molecule has 1 N–H and O–H groups in total. The average Bonchev–Trinajstić information content (AvgIpc) is 3.41. The summed E-state index contributed by atoms with van der Waals surface area (Å²) in [5.41, 5.74) is 3.88. The van der Waals surface area contributed by atoms with Gasteiger partial charge in [-0.15, -0.1) is 0 Å². The summed E-state index contributed by atoms with van der Waals surface area (Å²) in [7, 11) is 0. The number of nitrogens with one attached hydrogen (secondary N) is 1. The molecule has 1 fully saturated rings. The number of benzene rings is 2. The normalized spacial score (nSPS) is 14.2. The molecule has 1 aliphatic heterocycles. The van der Waals surface area contributed by atoms with Gasteiger partial charge in [-0.2, -0.15) is 9.49 Å². The predicted octanol–water partition coefficient (Wildman–Crippen LogP) is 5.58. The molecular weight excluding hydrogens is 507 g/mol. The molecule has 40 heavy (non-hydrogen) atoms. The number of aromatic nitrogens is 4. The number of carbonyl (C=O) groups is 1. The maximum absolute atomic E-state index is 14.8. The third-order valence-electron chi connectivity index (χ3n) is 7.32. The van der Waals surface area contributed by atoms with Gasteiger partial charge in [0.1, 0.15) is 11.3 Å². The average molecular weight is 537 g/mol. The molecule has 8 nitrogen and oxygen atoms in total. The highest BCUT2D eigenvalue weighted by Gasteiger charge is 2.23. The molecule has 1 saturated heterocycles. The number of ether oxygens (including phenoxy) is 1. The van der Waals surface area contributed by atoms with Crippen LogP contribution in [0.3, 0.4) is 0 Å². The summed E-state index contributed by atoms with van der Waals surface area (Å²) in [5.74, 6) is -1.46. The number of halogens is 1. The van der Waals surface area contributed by atoms with Crippen LogP contribution in [-0.2, 0) is 0 Å². The van der Waals surface area contributed by atoms with Gasteiger partial charge in [0.15, 0.2) is 5.65 Å². The van der Waals surface area contributed by atoms with Gasteiger partial charge >= 0.3 is 5.97 Å². The van der Waals surface area contributed by atoms with Crippen molar-refractivity contribution in [3.8, 4) is 28.3 Å². The number of pyridine rings is 2. The Morgan fingerprint density at radius 1 is 0.950 bits per heavy atom. The lowest BCUT2D eigenvalue weighted by Crippen LogP contribution is -2.48. The third kappa shape index (κ3) is 5.03. The zero-order valence-corrected chi connectivity index (χ0v) is 22.3. The Balaban J connectivity index is 1.25. The third-order valence-corrected chi connectivity index (χ3v) is 7.32. The lowest BCUT2D eigenvalue weighted by atomic mass is 10.0. The lowest BCUT2D eigenvalue weighted by molar-refractivity contribution is 0.0729. The first-order valence-corrected chi connectivity index (χ1v) is 13.3. The zero-order chi connectivity index (χ0) is 27.6. The quantitative estimate of drug-likeness (QED) is 0.172. The molecule has 0 atom stereocenters. The van der Waals surface area contributed by atoms with Crippen molar-refractivity contribution in [2.45, 2.75) is 19.9 Å². The number of fused-ring (bicyclic) bond motifs is 1. The topological polar surface area (TPSA) is 87.2 Å². The van der Waals surface area contributed by atoms with Crippen molar-refractivity contribution in [3.05, 3.63) is 90.5 Å². The number of rotatable bonds is 6. The minimum atomic E-state index is -0.922. The van der Waals surface area contributed by atoms with Gasteiger partial charge in [-0.1, -0.05) is 30.3 Å². The van der Waals surface area contributed by atoms with Crippen LogP contribution in [0.5, 0.6) is 5.75 Å². The Hall–Kier alpha value is -4.63. The van der Waals surface area contributed by atoms with Crippen LogP contribution in [0, 0.1) is 5.95 Å². The second-order valence-electron chi connectivity index (χ2n) is 10.1. The Kier molecular flexibility index (Phi) is 6.96. The molecule has 5 aromatic rings. The van der Waals surface area contributed by atoms with Crippen LogP contribution in [0.25, 0.3) is 33.5 Å². The summed E-state index contributed by atoms with van der Waals surface area (Å²) < 4.78 is 20.2. The summed E-state index contributed by atoms with van der Waals surface area (Å²) in [4.78, 5) is 26.1. The van der Waals surface area contributed by atoms with Crippen LogP contribution < -0.4 is 9.64 Å². The predicted molar refractivity (Wildman–Crippen MR) is 153 cm³/mol. The maximum Gasteiger partial charge on any atom is 0.348 e. The number of hydrogen-bond donors (Lipinski definition) is 1. The van der Waals surface area contributed by atoms with Gasteiger partial charge in [-0.3, -0.25) is 10.00 Å². The first kappa shape index (κ1) is 25.6. The van der Waals surface area contributed by atoms with Crippen LogP contribution in [0.1, 0.15) is 24.2 Å². The van der Waals surface area contributed by atoms with E-state index in [1.54, 1.807) is 42.5 Å². The van der Waals surface area contributed by atoms with E-state index in [0.717, 1.165) is 42.8 Å². The molecule has 0 spiro atoms. The van der Waals surface area contributed by atoms with Gasteiger partial charge in [-0.05, 0) is 56.3 Å². The highest BCUT2D eigenvalue weighted by atomic mass is 19.1. The number of nitrogens with zero attached hydrogens (tertiary/aromatic N) is 5.